The van der Waals surface area contributed by atoms with Crippen LogP contribution in [-0.2, 0) is 13.0 Å². The number of urea groups is 1. The molecule has 0 fully saturated rings. The van der Waals surface area contributed by atoms with Crippen LogP contribution < -0.4 is 5.32 Å². The van der Waals surface area contributed by atoms with Crippen molar-refractivity contribution >= 4 is 23.0 Å². The van der Waals surface area contributed by atoms with E-state index in [1.807, 2.05) is 35.8 Å². The number of nitrogens with one attached hydrogen (secondary N) is 1. The molecule has 0 radical (unpaired) electrons. The Hall–Kier alpha value is -2.41. The minimum Gasteiger partial charge on any atom is -0.338 e. The van der Waals surface area contributed by atoms with Gasteiger partial charge < -0.3 is 10.2 Å². The quantitative estimate of drug-likeness (QED) is 0.700. The number of fused-ring (bicyclic) bond motifs is 1. The first-order chi connectivity index (χ1) is 11.6. The number of thiophene rings is 1. The van der Waals surface area contributed by atoms with Crippen LogP contribution in [-0.4, -0.2) is 39.1 Å². The van der Waals surface area contributed by atoms with Gasteiger partial charge in [0, 0.05) is 36.0 Å². The highest BCUT2D eigenvalue weighted by molar-refractivity contribution is 7.11. The molecule has 0 saturated carbocycles. The van der Waals surface area contributed by atoms with Crippen molar-refractivity contribution < 1.29 is 4.79 Å². The third-order valence-electron chi connectivity index (χ3n) is 3.77. The predicted octanol–water partition coefficient (Wildman–Crippen LogP) is 2.87. The van der Waals surface area contributed by atoms with Gasteiger partial charge in [-0.15, -0.1) is 21.5 Å². The summed E-state index contributed by atoms with van der Waals surface area (Å²) < 4.78 is 1.98. The number of carbonyl (C=O) groups is 1. The average molecular weight is 343 g/mol. The van der Waals surface area contributed by atoms with E-state index in [1.165, 1.54) is 9.75 Å². The Bertz CT molecular complexity index is 825. The van der Waals surface area contributed by atoms with E-state index in [0.717, 1.165) is 24.3 Å². The van der Waals surface area contributed by atoms with E-state index in [4.69, 9.17) is 0 Å². The molecule has 24 heavy (non-hydrogen) atoms. The van der Waals surface area contributed by atoms with Crippen LogP contribution in [0.1, 0.15) is 22.0 Å². The van der Waals surface area contributed by atoms with Gasteiger partial charge >= 0.3 is 6.03 Å². The summed E-state index contributed by atoms with van der Waals surface area (Å²) in [6.45, 7) is 3.33. The number of pyridine rings is 1. The zero-order chi connectivity index (χ0) is 16.9. The Kier molecular flexibility index (Phi) is 5.10. The second-order valence-electron chi connectivity index (χ2n) is 5.75. The molecular weight excluding hydrogens is 322 g/mol. The molecule has 3 rings (SSSR count). The van der Waals surface area contributed by atoms with Crippen LogP contribution in [0.25, 0.3) is 5.65 Å². The van der Waals surface area contributed by atoms with Crippen molar-refractivity contribution in [2.75, 3.05) is 13.6 Å². The molecule has 126 valence electrons. The Morgan fingerprint density at radius 2 is 2.17 bits per heavy atom. The Morgan fingerprint density at radius 3 is 2.96 bits per heavy atom. The summed E-state index contributed by atoms with van der Waals surface area (Å²) in [5.41, 5.74) is 0.850. The minimum absolute atomic E-state index is 0.0489. The molecule has 3 aromatic rings. The van der Waals surface area contributed by atoms with E-state index < -0.39 is 0 Å². The number of nitrogens with zero attached hydrogens (tertiary/aromatic N) is 4. The lowest BCUT2D eigenvalue weighted by Crippen LogP contribution is -2.37. The third-order valence-corrected chi connectivity index (χ3v) is 4.76. The van der Waals surface area contributed by atoms with Gasteiger partial charge in [-0.3, -0.25) is 4.40 Å². The summed E-state index contributed by atoms with van der Waals surface area (Å²) in [5.74, 6) is 0.919. The molecule has 0 bridgehead atoms. The van der Waals surface area contributed by atoms with Crippen LogP contribution in [0.2, 0.25) is 0 Å². The smallest absolute Gasteiger partial charge is 0.317 e. The molecule has 6 nitrogen and oxygen atoms in total. The molecule has 0 spiro atoms. The highest BCUT2D eigenvalue weighted by atomic mass is 32.1. The highest BCUT2D eigenvalue weighted by Crippen LogP contribution is 2.16. The summed E-state index contributed by atoms with van der Waals surface area (Å²) >= 11 is 1.72. The van der Waals surface area contributed by atoms with Gasteiger partial charge in [-0.1, -0.05) is 6.07 Å². The molecule has 3 heterocycles. The topological polar surface area (TPSA) is 62.5 Å². The van der Waals surface area contributed by atoms with E-state index in [9.17, 15) is 4.79 Å². The lowest BCUT2D eigenvalue weighted by Gasteiger charge is -2.17. The van der Waals surface area contributed by atoms with Crippen molar-refractivity contribution in [2.24, 2.45) is 0 Å². The number of amides is 2. The number of aromatic nitrogens is 3. The second-order valence-corrected chi connectivity index (χ2v) is 7.12. The molecule has 3 aromatic heterocycles. The van der Waals surface area contributed by atoms with Crippen molar-refractivity contribution in [3.8, 4) is 0 Å². The van der Waals surface area contributed by atoms with Crippen LogP contribution in [0.5, 0.6) is 0 Å². The maximum Gasteiger partial charge on any atom is 0.317 e. The van der Waals surface area contributed by atoms with Gasteiger partial charge in [0.25, 0.3) is 0 Å². The molecule has 0 aliphatic heterocycles. The van der Waals surface area contributed by atoms with Gasteiger partial charge in [-0.2, -0.15) is 0 Å². The van der Waals surface area contributed by atoms with Crippen molar-refractivity contribution in [3.63, 3.8) is 0 Å². The predicted molar refractivity (Wildman–Crippen MR) is 95.2 cm³/mol. The summed E-state index contributed by atoms with van der Waals surface area (Å²) in [6, 6.07) is 9.93. The van der Waals surface area contributed by atoms with Crippen LogP contribution in [0, 0.1) is 6.92 Å². The Morgan fingerprint density at radius 1 is 1.29 bits per heavy atom. The van der Waals surface area contributed by atoms with Crippen molar-refractivity contribution in [1.29, 1.82) is 0 Å². The highest BCUT2D eigenvalue weighted by Gasteiger charge is 2.10. The van der Waals surface area contributed by atoms with Gasteiger partial charge in [0.05, 0.1) is 6.54 Å². The summed E-state index contributed by atoms with van der Waals surface area (Å²) in [5, 5.41) is 11.3. The molecule has 2 amide bonds. The first-order valence-electron chi connectivity index (χ1n) is 7.96. The van der Waals surface area contributed by atoms with Crippen molar-refractivity contribution in [1.82, 2.24) is 24.8 Å². The van der Waals surface area contributed by atoms with Crippen LogP contribution in [0.4, 0.5) is 4.79 Å². The number of carbonyl (C=O) groups excluding carboxylic acids is 1. The normalized spacial score (nSPS) is 10.9. The number of rotatable bonds is 6. The first-order valence-corrected chi connectivity index (χ1v) is 8.78. The summed E-state index contributed by atoms with van der Waals surface area (Å²) in [4.78, 5) is 16.3. The molecular formula is C17H21N5OS. The van der Waals surface area contributed by atoms with Gasteiger partial charge in [0.15, 0.2) is 5.65 Å². The molecule has 0 aliphatic carbocycles. The number of hydrogen-bond acceptors (Lipinski definition) is 4. The Labute approximate surface area is 145 Å². The fourth-order valence-corrected chi connectivity index (χ4v) is 3.46. The largest absolute Gasteiger partial charge is 0.338 e. The molecule has 0 unspecified atom stereocenters. The van der Waals surface area contributed by atoms with Crippen LogP contribution in [0.3, 0.4) is 0 Å². The summed E-state index contributed by atoms with van der Waals surface area (Å²) in [6.07, 6.45) is 3.56. The van der Waals surface area contributed by atoms with E-state index in [2.05, 4.69) is 34.6 Å². The SMILES string of the molecule is Cc1ccc(CN(C)C(=O)NCCCc2nnc3ccccn23)s1. The van der Waals surface area contributed by atoms with Crippen molar-refractivity contribution in [3.05, 3.63) is 52.1 Å². The Balaban J connectivity index is 1.43. The molecule has 0 aromatic carbocycles. The van der Waals surface area contributed by atoms with Crippen LogP contribution in [0.15, 0.2) is 36.5 Å². The first kappa shape index (κ1) is 16.4. The number of hydrogen-bond donors (Lipinski definition) is 1. The van der Waals surface area contributed by atoms with Gasteiger partial charge in [0.1, 0.15) is 5.82 Å². The molecule has 7 heteroatoms. The minimum atomic E-state index is -0.0489. The van der Waals surface area contributed by atoms with Gasteiger partial charge in [-0.05, 0) is 37.6 Å². The lowest BCUT2D eigenvalue weighted by atomic mass is 10.3. The van der Waals surface area contributed by atoms with Gasteiger partial charge in [0.2, 0.25) is 0 Å². The van der Waals surface area contributed by atoms with E-state index in [1.54, 1.807) is 16.2 Å². The van der Waals surface area contributed by atoms with E-state index in [-0.39, 0.29) is 6.03 Å². The zero-order valence-electron chi connectivity index (χ0n) is 13.9. The summed E-state index contributed by atoms with van der Waals surface area (Å²) in [7, 11) is 1.82. The fourth-order valence-electron chi connectivity index (χ4n) is 2.51. The van der Waals surface area contributed by atoms with Crippen molar-refractivity contribution in [2.45, 2.75) is 26.3 Å². The van der Waals surface area contributed by atoms with Crippen LogP contribution >= 0.6 is 11.3 Å². The third kappa shape index (κ3) is 3.91. The van der Waals surface area contributed by atoms with E-state index >= 15 is 0 Å². The lowest BCUT2D eigenvalue weighted by molar-refractivity contribution is 0.207. The second kappa shape index (κ2) is 7.44. The maximum atomic E-state index is 12.1. The van der Waals surface area contributed by atoms with Gasteiger partial charge in [-0.25, -0.2) is 4.79 Å². The molecule has 0 atom stereocenters. The number of aryl methyl sites for hydroxylation is 2. The van der Waals surface area contributed by atoms with E-state index in [0.29, 0.717) is 13.1 Å². The molecule has 1 N–H and O–H groups in total. The zero-order valence-corrected chi connectivity index (χ0v) is 14.7. The fraction of sp³-hybridized carbons (Fsp3) is 0.353. The maximum absolute atomic E-state index is 12.1. The standard InChI is InChI=1S/C17H21N5OS/c1-13-8-9-14(24-13)12-21(2)17(23)18-10-5-7-16-20-19-15-6-3-4-11-22(15)16/h3-4,6,8-9,11H,5,7,10,12H2,1-2H3,(H,18,23). The average Bonchev–Trinajstić information content (AvgIpc) is 3.17. The molecule has 0 saturated heterocycles. The monoisotopic (exact) mass is 343 g/mol. The molecule has 0 aliphatic rings.